The number of piperidine rings is 1. The molecular weight excluding hydrogens is 327 g/mol. The number of aromatic nitrogens is 1. The number of fused-ring (bicyclic) bond motifs is 1. The molecule has 2 aliphatic rings. The van der Waals surface area contributed by atoms with Crippen LogP contribution in [0.3, 0.4) is 0 Å². The highest BCUT2D eigenvalue weighted by atomic mass is 35.5. The number of aryl methyl sites for hydroxylation is 2. The number of hydrogen-bond donors (Lipinski definition) is 1. The van der Waals surface area contributed by atoms with Crippen LogP contribution in [0.2, 0.25) is 10.0 Å². The third kappa shape index (κ3) is 2.34. The Balaban J connectivity index is 1.70. The van der Waals surface area contributed by atoms with Gasteiger partial charge in [0.05, 0.1) is 10.0 Å². The Morgan fingerprint density at radius 2 is 2.00 bits per heavy atom. The summed E-state index contributed by atoms with van der Waals surface area (Å²) in [6, 6.07) is 8.47. The van der Waals surface area contributed by atoms with Gasteiger partial charge >= 0.3 is 0 Å². The average molecular weight is 349 g/mol. The number of benzene rings is 1. The van der Waals surface area contributed by atoms with Crippen molar-refractivity contribution < 1.29 is 0 Å². The van der Waals surface area contributed by atoms with E-state index in [2.05, 4.69) is 48.1 Å². The molecule has 2 nitrogen and oxygen atoms in total. The molecule has 2 aromatic rings. The molecule has 0 unspecified atom stereocenters. The quantitative estimate of drug-likeness (QED) is 0.847. The summed E-state index contributed by atoms with van der Waals surface area (Å²) in [7, 11) is 0. The second-order valence-corrected chi connectivity index (χ2v) is 8.20. The second-order valence-electron chi connectivity index (χ2n) is 7.38. The van der Waals surface area contributed by atoms with Crippen LogP contribution in [0.5, 0.6) is 0 Å². The standard InChI is InChI=1S/C19H22Cl2N2/c1-13-7-14(2)23(9-13)12-18-10-19(18,5-6-22-11-18)15-3-4-16(20)17(21)8-15/h3-4,7-9,22H,5-6,10-12H2,1-2H3/t18-,19-/m1/s1. The van der Waals surface area contributed by atoms with Gasteiger partial charge in [-0.1, -0.05) is 29.3 Å². The van der Waals surface area contributed by atoms with Crippen LogP contribution in [-0.4, -0.2) is 17.7 Å². The van der Waals surface area contributed by atoms with E-state index < -0.39 is 0 Å². The molecule has 1 aliphatic carbocycles. The van der Waals surface area contributed by atoms with E-state index in [-0.39, 0.29) is 5.41 Å². The van der Waals surface area contributed by atoms with Gasteiger partial charge in [0.2, 0.25) is 0 Å². The zero-order chi connectivity index (χ0) is 16.2. The van der Waals surface area contributed by atoms with Crippen LogP contribution in [0.25, 0.3) is 0 Å². The monoisotopic (exact) mass is 348 g/mol. The highest BCUT2D eigenvalue weighted by Crippen LogP contribution is 2.68. The molecule has 1 saturated carbocycles. The van der Waals surface area contributed by atoms with Crippen molar-refractivity contribution in [2.45, 2.75) is 38.6 Å². The van der Waals surface area contributed by atoms with E-state index in [9.17, 15) is 0 Å². The normalized spacial score (nSPS) is 29.4. The molecule has 0 amide bonds. The lowest BCUT2D eigenvalue weighted by molar-refractivity contribution is 0.284. The molecule has 122 valence electrons. The molecule has 0 bridgehead atoms. The molecule has 1 saturated heterocycles. The van der Waals surface area contributed by atoms with E-state index in [1.54, 1.807) is 0 Å². The van der Waals surface area contributed by atoms with Crippen molar-refractivity contribution in [3.8, 4) is 0 Å². The Morgan fingerprint density at radius 3 is 2.70 bits per heavy atom. The number of halogens is 2. The van der Waals surface area contributed by atoms with Gasteiger partial charge in [0, 0.05) is 35.8 Å². The van der Waals surface area contributed by atoms with Gasteiger partial charge in [-0.05, 0) is 62.6 Å². The lowest BCUT2D eigenvalue weighted by Crippen LogP contribution is -2.40. The van der Waals surface area contributed by atoms with E-state index in [4.69, 9.17) is 23.2 Å². The van der Waals surface area contributed by atoms with Gasteiger partial charge in [0.15, 0.2) is 0 Å². The zero-order valence-electron chi connectivity index (χ0n) is 13.6. The molecule has 0 radical (unpaired) electrons. The smallest absolute Gasteiger partial charge is 0.0595 e. The molecule has 4 rings (SSSR count). The molecule has 0 spiro atoms. The van der Waals surface area contributed by atoms with Gasteiger partial charge < -0.3 is 9.88 Å². The van der Waals surface area contributed by atoms with E-state index >= 15 is 0 Å². The molecule has 2 atom stereocenters. The Bertz CT molecular complexity index is 767. The maximum absolute atomic E-state index is 6.29. The van der Waals surface area contributed by atoms with E-state index in [1.807, 2.05) is 6.07 Å². The van der Waals surface area contributed by atoms with Crippen molar-refractivity contribution in [2.24, 2.45) is 5.41 Å². The molecule has 4 heteroatoms. The summed E-state index contributed by atoms with van der Waals surface area (Å²) in [6.07, 6.45) is 4.67. The minimum atomic E-state index is 0.247. The maximum Gasteiger partial charge on any atom is 0.0595 e. The highest BCUT2D eigenvalue weighted by molar-refractivity contribution is 6.42. The Morgan fingerprint density at radius 1 is 1.17 bits per heavy atom. The lowest BCUT2D eigenvalue weighted by Gasteiger charge is -2.32. The van der Waals surface area contributed by atoms with Crippen molar-refractivity contribution >= 4 is 23.2 Å². The predicted octanol–water partition coefficient (Wildman–Crippen LogP) is 4.73. The van der Waals surface area contributed by atoms with E-state index in [1.165, 1.54) is 29.7 Å². The summed E-state index contributed by atoms with van der Waals surface area (Å²) in [5, 5.41) is 4.93. The average Bonchev–Trinajstić information content (AvgIpc) is 3.09. The fourth-order valence-electron chi connectivity index (χ4n) is 4.65. The first-order chi connectivity index (χ1) is 11.0. The summed E-state index contributed by atoms with van der Waals surface area (Å²) in [4.78, 5) is 0. The molecule has 1 N–H and O–H groups in total. The lowest BCUT2D eigenvalue weighted by atomic mass is 9.81. The largest absolute Gasteiger partial charge is 0.351 e. The molecule has 23 heavy (non-hydrogen) atoms. The van der Waals surface area contributed by atoms with E-state index in [0.29, 0.717) is 15.5 Å². The first-order valence-corrected chi connectivity index (χ1v) is 9.01. The molecule has 1 aromatic heterocycles. The number of hydrogen-bond acceptors (Lipinski definition) is 1. The van der Waals surface area contributed by atoms with Gasteiger partial charge in [-0.15, -0.1) is 0 Å². The minimum absolute atomic E-state index is 0.247. The first-order valence-electron chi connectivity index (χ1n) is 8.25. The van der Waals surface area contributed by atoms with Gasteiger partial charge in [0.25, 0.3) is 0 Å². The van der Waals surface area contributed by atoms with Gasteiger partial charge in [-0.2, -0.15) is 0 Å². The van der Waals surface area contributed by atoms with Crippen molar-refractivity contribution in [2.75, 3.05) is 13.1 Å². The first kappa shape index (κ1) is 15.6. The van der Waals surface area contributed by atoms with Crippen molar-refractivity contribution in [3.63, 3.8) is 0 Å². The number of rotatable bonds is 3. The molecular formula is C19H22Cl2N2. The summed E-state index contributed by atoms with van der Waals surface area (Å²) < 4.78 is 2.42. The fourth-order valence-corrected chi connectivity index (χ4v) is 4.95. The minimum Gasteiger partial charge on any atom is -0.351 e. The summed E-state index contributed by atoms with van der Waals surface area (Å²) in [5.74, 6) is 0. The maximum atomic E-state index is 6.29. The molecule has 1 aliphatic heterocycles. The number of nitrogens with zero attached hydrogens (tertiary/aromatic N) is 1. The van der Waals surface area contributed by atoms with Crippen LogP contribution in [-0.2, 0) is 12.0 Å². The zero-order valence-corrected chi connectivity index (χ0v) is 15.1. The third-order valence-corrected chi connectivity index (χ3v) is 6.66. The summed E-state index contributed by atoms with van der Waals surface area (Å²) >= 11 is 12.4. The predicted molar refractivity (Wildman–Crippen MR) is 96.6 cm³/mol. The van der Waals surface area contributed by atoms with Gasteiger partial charge in [-0.3, -0.25) is 0 Å². The van der Waals surface area contributed by atoms with Crippen LogP contribution in [0.15, 0.2) is 30.5 Å². The van der Waals surface area contributed by atoms with E-state index in [0.717, 1.165) is 19.6 Å². The van der Waals surface area contributed by atoms with Crippen molar-refractivity contribution in [1.82, 2.24) is 9.88 Å². The van der Waals surface area contributed by atoms with Crippen molar-refractivity contribution in [3.05, 3.63) is 57.3 Å². The Labute approximate surface area is 147 Å². The number of nitrogens with one attached hydrogen (secondary N) is 1. The van der Waals surface area contributed by atoms with Crippen LogP contribution in [0.4, 0.5) is 0 Å². The van der Waals surface area contributed by atoms with Gasteiger partial charge in [0.1, 0.15) is 0 Å². The van der Waals surface area contributed by atoms with Crippen LogP contribution in [0, 0.1) is 19.3 Å². The van der Waals surface area contributed by atoms with Crippen molar-refractivity contribution in [1.29, 1.82) is 0 Å². The van der Waals surface area contributed by atoms with Crippen LogP contribution in [0.1, 0.15) is 29.7 Å². The summed E-state index contributed by atoms with van der Waals surface area (Å²) in [6.45, 7) is 7.58. The summed E-state index contributed by atoms with van der Waals surface area (Å²) in [5.41, 5.74) is 4.58. The molecule has 2 fully saturated rings. The Hall–Kier alpha value is -0.960. The van der Waals surface area contributed by atoms with Crippen LogP contribution >= 0.6 is 23.2 Å². The topological polar surface area (TPSA) is 17.0 Å². The van der Waals surface area contributed by atoms with Crippen LogP contribution < -0.4 is 5.32 Å². The highest BCUT2D eigenvalue weighted by Gasteiger charge is 2.68. The Kier molecular flexibility index (Phi) is 3.57. The SMILES string of the molecule is Cc1cc(C)n(C[C@@]23CNCC[C@]2(c2ccc(Cl)c(Cl)c2)C3)c1. The molecule has 1 aromatic carbocycles. The molecule has 2 heterocycles. The third-order valence-electron chi connectivity index (χ3n) is 5.92. The van der Waals surface area contributed by atoms with Gasteiger partial charge in [-0.25, -0.2) is 0 Å². The fraction of sp³-hybridized carbons (Fsp3) is 0.474. The second kappa shape index (κ2) is 5.27.